The molecule has 3 unspecified atom stereocenters. The Morgan fingerprint density at radius 3 is 3.00 bits per heavy atom. The Balaban J connectivity index is 1.94. The first-order chi connectivity index (χ1) is 8.74. The fourth-order valence-corrected chi connectivity index (χ4v) is 3.84. The summed E-state index contributed by atoms with van der Waals surface area (Å²) in [6.07, 6.45) is 8.51. The van der Waals surface area contributed by atoms with Crippen molar-refractivity contribution >= 4 is 18.5 Å². The molecule has 2 rings (SSSR count). The number of allylic oxidation sites excluding steroid dienone is 1. The summed E-state index contributed by atoms with van der Waals surface area (Å²) in [5.41, 5.74) is 2.15. The normalized spacial score (nSPS) is 32.1. The van der Waals surface area contributed by atoms with Gasteiger partial charge in [0.2, 0.25) is 0 Å². The summed E-state index contributed by atoms with van der Waals surface area (Å²) in [5, 5.41) is 5.67. The van der Waals surface area contributed by atoms with E-state index in [1.54, 1.807) is 11.8 Å². The molecule has 0 aromatic carbocycles. The Morgan fingerprint density at radius 2 is 2.28 bits per heavy atom. The zero-order valence-electron chi connectivity index (χ0n) is 11.3. The number of thioether (sulfide) groups is 1. The number of hydrogen-bond donors (Lipinski definition) is 1. The van der Waals surface area contributed by atoms with Crippen molar-refractivity contribution in [2.45, 2.75) is 38.1 Å². The second-order valence-corrected chi connectivity index (χ2v) is 6.18. The first-order valence-electron chi connectivity index (χ1n) is 6.85. The van der Waals surface area contributed by atoms with Crippen LogP contribution in [0.1, 0.15) is 32.1 Å². The molecule has 2 nitrogen and oxygen atoms in total. The average Bonchev–Trinajstić information content (AvgIpc) is 2.39. The van der Waals surface area contributed by atoms with Crippen LogP contribution in [-0.4, -0.2) is 25.6 Å². The number of nitrogens with one attached hydrogen (secondary N) is 1. The second kappa shape index (κ2) is 6.58. The Hall–Kier alpha value is -0.540. The van der Waals surface area contributed by atoms with Gasteiger partial charge < -0.3 is 5.32 Å². The third-order valence-corrected chi connectivity index (χ3v) is 4.82. The van der Waals surface area contributed by atoms with Crippen LogP contribution in [0.5, 0.6) is 0 Å². The number of piperidine rings is 1. The van der Waals surface area contributed by atoms with E-state index >= 15 is 0 Å². The highest BCUT2D eigenvalue weighted by Gasteiger charge is 2.33. The van der Waals surface area contributed by atoms with Crippen molar-refractivity contribution in [1.29, 1.82) is 0 Å². The van der Waals surface area contributed by atoms with Gasteiger partial charge in [0.1, 0.15) is 0 Å². The largest absolute Gasteiger partial charge is 0.314 e. The summed E-state index contributed by atoms with van der Waals surface area (Å²) in [5.74, 6) is 1.70. The van der Waals surface area contributed by atoms with Crippen LogP contribution in [0.2, 0.25) is 0 Å². The standard InChI is InChI=1S/C15H24N2S/c1-11(15(16-2)10-18-3)8-12-4-5-14-9-13(12)6-7-17-14/h10,12-14,17H,1-2,4-9H2,3H3/b15-10-. The van der Waals surface area contributed by atoms with Gasteiger partial charge in [0.15, 0.2) is 0 Å². The maximum atomic E-state index is 4.21. The van der Waals surface area contributed by atoms with Gasteiger partial charge in [-0.2, -0.15) is 0 Å². The number of fused-ring (bicyclic) bond motifs is 2. The molecule has 3 atom stereocenters. The molecule has 100 valence electrons. The van der Waals surface area contributed by atoms with Crippen molar-refractivity contribution in [1.82, 2.24) is 5.32 Å². The summed E-state index contributed by atoms with van der Waals surface area (Å²) in [7, 11) is 0. The first kappa shape index (κ1) is 13.9. The van der Waals surface area contributed by atoms with E-state index in [1.807, 2.05) is 0 Å². The molecule has 3 heteroatoms. The Bertz CT molecular complexity index is 348. The van der Waals surface area contributed by atoms with E-state index in [2.05, 4.69) is 35.3 Å². The van der Waals surface area contributed by atoms with Crippen LogP contribution in [0.4, 0.5) is 0 Å². The molecule has 18 heavy (non-hydrogen) atoms. The second-order valence-electron chi connectivity index (χ2n) is 5.48. The van der Waals surface area contributed by atoms with Gasteiger partial charge >= 0.3 is 0 Å². The maximum absolute atomic E-state index is 4.21. The van der Waals surface area contributed by atoms with Crippen molar-refractivity contribution in [2.24, 2.45) is 16.8 Å². The van der Waals surface area contributed by atoms with E-state index in [0.717, 1.165) is 30.0 Å². The highest BCUT2D eigenvalue weighted by molar-refractivity contribution is 8.01. The number of rotatable bonds is 5. The summed E-state index contributed by atoms with van der Waals surface area (Å²) in [4.78, 5) is 4.10. The van der Waals surface area contributed by atoms with E-state index in [1.165, 1.54) is 37.8 Å². The molecule has 0 radical (unpaired) electrons. The van der Waals surface area contributed by atoms with Crippen LogP contribution < -0.4 is 5.32 Å². The molecule has 0 aromatic rings. The lowest BCUT2D eigenvalue weighted by Gasteiger charge is -2.41. The minimum Gasteiger partial charge on any atom is -0.314 e. The summed E-state index contributed by atoms with van der Waals surface area (Å²) < 4.78 is 0. The molecule has 2 bridgehead atoms. The van der Waals surface area contributed by atoms with Crippen molar-refractivity contribution in [3.63, 3.8) is 0 Å². The highest BCUT2D eigenvalue weighted by atomic mass is 32.2. The number of aliphatic imine (C=N–C) groups is 1. The molecule has 1 N–H and O–H groups in total. The Kier molecular flexibility index (Phi) is 5.07. The van der Waals surface area contributed by atoms with E-state index in [-0.39, 0.29) is 0 Å². The summed E-state index contributed by atoms with van der Waals surface area (Å²) in [6.45, 7) is 9.07. The van der Waals surface area contributed by atoms with Crippen molar-refractivity contribution in [2.75, 3.05) is 12.8 Å². The Morgan fingerprint density at radius 1 is 1.44 bits per heavy atom. The van der Waals surface area contributed by atoms with Crippen molar-refractivity contribution in [3.05, 3.63) is 23.3 Å². The average molecular weight is 264 g/mol. The van der Waals surface area contributed by atoms with Crippen molar-refractivity contribution in [3.8, 4) is 0 Å². The predicted octanol–water partition coefficient (Wildman–Crippen LogP) is 3.62. The van der Waals surface area contributed by atoms with E-state index in [0.29, 0.717) is 0 Å². The topological polar surface area (TPSA) is 24.4 Å². The molecule has 1 saturated heterocycles. The summed E-state index contributed by atoms with van der Waals surface area (Å²) in [6, 6.07) is 0.784. The van der Waals surface area contributed by atoms with Crippen molar-refractivity contribution < 1.29 is 0 Å². The van der Waals surface area contributed by atoms with Gasteiger partial charge in [-0.15, -0.1) is 11.8 Å². The van der Waals surface area contributed by atoms with Crippen LogP contribution >= 0.6 is 11.8 Å². The summed E-state index contributed by atoms with van der Waals surface area (Å²) >= 11 is 1.68. The third kappa shape index (κ3) is 3.27. The Labute approximate surface area is 115 Å². The van der Waals surface area contributed by atoms with Gasteiger partial charge in [-0.05, 0) is 74.4 Å². The van der Waals surface area contributed by atoms with Gasteiger partial charge in [-0.3, -0.25) is 4.99 Å². The monoisotopic (exact) mass is 264 g/mol. The molecule has 0 spiro atoms. The number of nitrogens with zero attached hydrogens (tertiary/aromatic N) is 1. The molecule has 1 saturated carbocycles. The van der Waals surface area contributed by atoms with Crippen LogP contribution in [0.3, 0.4) is 0 Å². The smallest absolute Gasteiger partial charge is 0.0711 e. The lowest BCUT2D eigenvalue weighted by molar-refractivity contribution is 0.149. The molecule has 1 aliphatic carbocycles. The quantitative estimate of drug-likeness (QED) is 0.606. The maximum Gasteiger partial charge on any atom is 0.0711 e. The SMILES string of the molecule is C=N/C(=C\SC)C(=C)CC1CCC2CC1CCN2. The highest BCUT2D eigenvalue weighted by Crippen LogP contribution is 2.39. The lowest BCUT2D eigenvalue weighted by Crippen LogP contribution is -2.44. The van der Waals surface area contributed by atoms with Crippen LogP contribution in [-0.2, 0) is 0 Å². The third-order valence-electron chi connectivity index (χ3n) is 4.36. The fourth-order valence-electron chi connectivity index (χ4n) is 3.37. The van der Waals surface area contributed by atoms with Gasteiger partial charge in [0, 0.05) is 6.04 Å². The molecular formula is C15H24N2S. The fraction of sp³-hybridized carbons (Fsp3) is 0.667. The van der Waals surface area contributed by atoms with Crippen LogP contribution in [0.15, 0.2) is 28.2 Å². The van der Waals surface area contributed by atoms with Gasteiger partial charge in [0.05, 0.1) is 5.70 Å². The zero-order chi connectivity index (χ0) is 13.0. The van der Waals surface area contributed by atoms with Gasteiger partial charge in [-0.1, -0.05) is 6.58 Å². The molecule has 0 aromatic heterocycles. The predicted molar refractivity (Wildman–Crippen MR) is 82.1 cm³/mol. The minimum absolute atomic E-state index is 0.784. The van der Waals surface area contributed by atoms with E-state index < -0.39 is 0 Å². The zero-order valence-corrected chi connectivity index (χ0v) is 12.1. The van der Waals surface area contributed by atoms with E-state index in [9.17, 15) is 0 Å². The minimum atomic E-state index is 0.784. The molecule has 2 fully saturated rings. The van der Waals surface area contributed by atoms with Crippen LogP contribution in [0.25, 0.3) is 0 Å². The molecule has 1 heterocycles. The van der Waals surface area contributed by atoms with Gasteiger partial charge in [0.25, 0.3) is 0 Å². The molecule has 1 aliphatic heterocycles. The molecule has 2 aliphatic rings. The molecular weight excluding hydrogens is 240 g/mol. The lowest BCUT2D eigenvalue weighted by atomic mass is 9.71. The van der Waals surface area contributed by atoms with E-state index in [4.69, 9.17) is 0 Å². The first-order valence-corrected chi connectivity index (χ1v) is 8.14. The molecule has 0 amide bonds. The van der Waals surface area contributed by atoms with Crippen LogP contribution in [0, 0.1) is 11.8 Å². The van der Waals surface area contributed by atoms with Gasteiger partial charge in [-0.25, -0.2) is 0 Å². The number of hydrogen-bond acceptors (Lipinski definition) is 3.